The van der Waals surface area contributed by atoms with Crippen LogP contribution in [0.2, 0.25) is 0 Å². The minimum Gasteiger partial charge on any atom is -0.497 e. The van der Waals surface area contributed by atoms with Crippen molar-refractivity contribution in [1.82, 2.24) is 4.90 Å². The van der Waals surface area contributed by atoms with E-state index in [9.17, 15) is 19.5 Å². The second-order valence-corrected chi connectivity index (χ2v) is 10.1. The third-order valence-corrected chi connectivity index (χ3v) is 8.08. The van der Waals surface area contributed by atoms with Crippen LogP contribution >= 0.6 is 11.3 Å². The number of furan rings is 1. The van der Waals surface area contributed by atoms with Crippen LogP contribution in [0.4, 0.5) is 0 Å². The molecule has 1 aliphatic rings. The number of methoxy groups -OCH3 is 2. The van der Waals surface area contributed by atoms with Crippen molar-refractivity contribution in [2.45, 2.75) is 38.3 Å². The number of carbonyl (C=O) groups is 3. The summed E-state index contributed by atoms with van der Waals surface area (Å²) in [5.41, 5.74) is -0.260. The van der Waals surface area contributed by atoms with Crippen molar-refractivity contribution in [2.75, 3.05) is 20.8 Å². The average molecular weight is 512 g/mol. The molecule has 9 heteroatoms. The predicted octanol–water partition coefficient (Wildman–Crippen LogP) is 4.62. The zero-order valence-corrected chi connectivity index (χ0v) is 21.6. The van der Waals surface area contributed by atoms with Crippen LogP contribution in [0.15, 0.2) is 52.3 Å². The number of ether oxygens (including phenoxy) is 2. The van der Waals surface area contributed by atoms with E-state index in [0.717, 1.165) is 10.4 Å². The van der Waals surface area contributed by atoms with Gasteiger partial charge in [0, 0.05) is 17.9 Å². The van der Waals surface area contributed by atoms with Crippen LogP contribution < -0.4 is 4.74 Å². The third kappa shape index (κ3) is 4.12. The smallest absolute Gasteiger partial charge is 0.330 e. The Kier molecular flexibility index (Phi) is 7.06. The number of aliphatic carboxylic acids is 1. The number of benzene rings is 1. The molecule has 0 aliphatic carbocycles. The number of carbonyl (C=O) groups excluding carboxylic acids is 2. The number of aryl methyl sites for hydroxylation is 2. The highest BCUT2D eigenvalue weighted by Gasteiger charge is 2.65. The van der Waals surface area contributed by atoms with Gasteiger partial charge in [-0.05, 0) is 67.6 Å². The minimum atomic E-state index is -1.74. The summed E-state index contributed by atoms with van der Waals surface area (Å²) >= 11 is 1.38. The summed E-state index contributed by atoms with van der Waals surface area (Å²) in [5, 5.41) is 12.5. The summed E-state index contributed by atoms with van der Waals surface area (Å²) in [6.45, 7) is 4.81. The normalized spacial score (nSPS) is 23.6. The minimum absolute atomic E-state index is 0.129. The van der Waals surface area contributed by atoms with Crippen molar-refractivity contribution >= 4 is 29.0 Å². The van der Waals surface area contributed by atoms with Crippen LogP contribution in [0, 0.1) is 19.8 Å². The highest BCUT2D eigenvalue weighted by Crippen LogP contribution is 2.58. The number of amides is 1. The van der Waals surface area contributed by atoms with Crippen molar-refractivity contribution in [1.29, 1.82) is 0 Å². The van der Waals surface area contributed by atoms with E-state index in [-0.39, 0.29) is 18.2 Å². The third-order valence-electron chi connectivity index (χ3n) is 6.98. The van der Waals surface area contributed by atoms with Crippen molar-refractivity contribution in [3.8, 4) is 5.75 Å². The number of Topliss-reactive ketones (excluding diaryl/α,β-unsaturated/α-hetero) is 1. The van der Waals surface area contributed by atoms with E-state index in [2.05, 4.69) is 0 Å². The van der Waals surface area contributed by atoms with Gasteiger partial charge in [0.2, 0.25) is 11.7 Å². The lowest BCUT2D eigenvalue weighted by Gasteiger charge is -2.37. The van der Waals surface area contributed by atoms with Gasteiger partial charge in [0.05, 0.1) is 19.1 Å². The van der Waals surface area contributed by atoms with Gasteiger partial charge in [0.1, 0.15) is 23.7 Å². The highest BCUT2D eigenvalue weighted by atomic mass is 32.1. The highest BCUT2D eigenvalue weighted by molar-refractivity contribution is 7.10. The maximum Gasteiger partial charge on any atom is 0.330 e. The molecule has 1 fully saturated rings. The SMILES string of the molecule is COCC(=O)N1C(c2ccc(OC)cc2)C(C(=O)c2ccc(C)o2)C(c2sccc2C)C1(C)C(=O)O. The van der Waals surface area contributed by atoms with Gasteiger partial charge in [0.25, 0.3) is 0 Å². The largest absolute Gasteiger partial charge is 0.497 e. The number of hydrogen-bond acceptors (Lipinski definition) is 7. The molecule has 36 heavy (non-hydrogen) atoms. The maximum absolute atomic E-state index is 14.1. The number of rotatable bonds is 8. The molecule has 2 aromatic heterocycles. The van der Waals surface area contributed by atoms with E-state index < -0.39 is 35.3 Å². The van der Waals surface area contributed by atoms with E-state index in [1.807, 2.05) is 18.4 Å². The first-order valence-electron chi connectivity index (χ1n) is 11.5. The molecule has 0 bridgehead atoms. The number of carboxylic acid groups (broad SMARTS) is 1. The van der Waals surface area contributed by atoms with Gasteiger partial charge >= 0.3 is 5.97 Å². The van der Waals surface area contributed by atoms with Gasteiger partial charge in [-0.1, -0.05) is 12.1 Å². The van der Waals surface area contributed by atoms with Crippen molar-refractivity contribution in [2.24, 2.45) is 5.92 Å². The van der Waals surface area contributed by atoms with Gasteiger partial charge < -0.3 is 23.9 Å². The first-order valence-corrected chi connectivity index (χ1v) is 12.4. The lowest BCUT2D eigenvalue weighted by Crippen LogP contribution is -2.55. The summed E-state index contributed by atoms with van der Waals surface area (Å²) < 4.78 is 16.1. The molecule has 3 aromatic rings. The Bertz CT molecular complexity index is 1280. The number of thiophene rings is 1. The zero-order chi connectivity index (χ0) is 26.2. The fourth-order valence-electron chi connectivity index (χ4n) is 5.28. The number of carboxylic acids is 1. The molecule has 1 saturated heterocycles. The van der Waals surface area contributed by atoms with Crippen molar-refractivity contribution in [3.63, 3.8) is 0 Å². The number of hydrogen-bond donors (Lipinski definition) is 1. The van der Waals surface area contributed by atoms with Crippen LogP contribution in [-0.2, 0) is 14.3 Å². The van der Waals surface area contributed by atoms with Crippen LogP contribution in [0.5, 0.6) is 5.75 Å². The molecule has 4 atom stereocenters. The summed E-state index contributed by atoms with van der Waals surface area (Å²) in [6.07, 6.45) is 0. The Labute approximate surface area is 213 Å². The number of ketones is 1. The maximum atomic E-state index is 14.1. The van der Waals surface area contributed by atoms with E-state index in [1.165, 1.54) is 30.3 Å². The Morgan fingerprint density at radius 2 is 1.78 bits per heavy atom. The molecule has 1 aliphatic heterocycles. The van der Waals surface area contributed by atoms with E-state index in [0.29, 0.717) is 17.1 Å². The Balaban J connectivity index is 2.03. The van der Waals surface area contributed by atoms with Gasteiger partial charge in [-0.3, -0.25) is 9.59 Å². The van der Waals surface area contributed by atoms with Gasteiger partial charge in [0.15, 0.2) is 5.76 Å². The monoisotopic (exact) mass is 511 g/mol. The molecule has 0 radical (unpaired) electrons. The quantitative estimate of drug-likeness (QED) is 0.440. The molecule has 4 rings (SSSR count). The number of nitrogens with zero attached hydrogens (tertiary/aromatic N) is 1. The zero-order valence-electron chi connectivity index (χ0n) is 20.8. The van der Waals surface area contributed by atoms with Gasteiger partial charge in [-0.2, -0.15) is 0 Å². The van der Waals surface area contributed by atoms with Crippen molar-refractivity contribution in [3.05, 3.63) is 75.4 Å². The van der Waals surface area contributed by atoms with Crippen LogP contribution in [-0.4, -0.2) is 54.0 Å². The molecule has 1 N–H and O–H groups in total. The molecular formula is C27H29NO7S. The molecule has 0 saturated carbocycles. The molecule has 1 amide bonds. The van der Waals surface area contributed by atoms with Gasteiger partial charge in [-0.15, -0.1) is 11.3 Å². The predicted molar refractivity (Wildman–Crippen MR) is 134 cm³/mol. The van der Waals surface area contributed by atoms with E-state index >= 15 is 0 Å². The van der Waals surface area contributed by atoms with Crippen LogP contribution in [0.1, 0.15) is 51.2 Å². The Morgan fingerprint density at radius 1 is 1.08 bits per heavy atom. The summed E-state index contributed by atoms with van der Waals surface area (Å²) in [6, 6.07) is 11.3. The number of likely N-dealkylation sites (tertiary alicyclic amines) is 1. The average Bonchev–Trinajstić information content (AvgIpc) is 3.54. The van der Waals surface area contributed by atoms with Crippen LogP contribution in [0.3, 0.4) is 0 Å². The molecule has 3 heterocycles. The molecule has 190 valence electrons. The fourth-order valence-corrected chi connectivity index (χ4v) is 6.47. The van der Waals surface area contributed by atoms with Gasteiger partial charge in [-0.25, -0.2) is 4.79 Å². The molecule has 4 unspecified atom stereocenters. The Hall–Kier alpha value is -3.43. The lowest BCUT2D eigenvalue weighted by atomic mass is 9.74. The van der Waals surface area contributed by atoms with E-state index in [4.69, 9.17) is 13.9 Å². The molecule has 8 nitrogen and oxygen atoms in total. The van der Waals surface area contributed by atoms with Crippen LogP contribution in [0.25, 0.3) is 0 Å². The fraction of sp³-hybridized carbons (Fsp3) is 0.370. The summed E-state index contributed by atoms with van der Waals surface area (Å²) in [4.78, 5) is 42.8. The molecule has 1 aromatic carbocycles. The summed E-state index contributed by atoms with van der Waals surface area (Å²) in [7, 11) is 2.92. The Morgan fingerprint density at radius 3 is 2.28 bits per heavy atom. The lowest BCUT2D eigenvalue weighted by molar-refractivity contribution is -0.159. The first kappa shape index (κ1) is 25.7. The standard InChI is InChI=1S/C27H29NO7S/c1-15-12-13-36-25(15)22-21(24(30)19-11-6-16(2)35-19)23(17-7-9-18(34-5)10-8-17)28(20(29)14-33-4)27(22,3)26(31)32/h6-13,21-23H,14H2,1-5H3,(H,31,32). The molecule has 0 spiro atoms. The summed E-state index contributed by atoms with van der Waals surface area (Å²) in [5.74, 6) is -2.55. The topological polar surface area (TPSA) is 106 Å². The molecular weight excluding hydrogens is 482 g/mol. The second kappa shape index (κ2) is 9.91. The van der Waals surface area contributed by atoms with Crippen molar-refractivity contribution < 1.29 is 33.4 Å². The second-order valence-electron chi connectivity index (χ2n) is 9.11. The first-order chi connectivity index (χ1) is 17.1. The van der Waals surface area contributed by atoms with E-state index in [1.54, 1.807) is 50.4 Å².